The fourth-order valence-corrected chi connectivity index (χ4v) is 7.24. The van der Waals surface area contributed by atoms with Gasteiger partial charge in [-0.2, -0.15) is 0 Å². The van der Waals surface area contributed by atoms with Crippen molar-refractivity contribution in [1.29, 1.82) is 0 Å². The summed E-state index contributed by atoms with van der Waals surface area (Å²) in [4.78, 5) is 4.98. The summed E-state index contributed by atoms with van der Waals surface area (Å²) in [7, 11) is 0. The smallest absolute Gasteiger partial charge is 0.227 e. The number of fused-ring (bicyclic) bond motifs is 8. The Bertz CT molecular complexity index is 2410. The number of hydrogen-bond acceptors (Lipinski definition) is 3. The Kier molecular flexibility index (Phi) is 4.77. The van der Waals surface area contributed by atoms with Crippen molar-refractivity contribution in [3.63, 3.8) is 0 Å². The van der Waals surface area contributed by atoms with E-state index in [4.69, 9.17) is 9.40 Å². The van der Waals surface area contributed by atoms with Crippen molar-refractivity contribution in [2.45, 2.75) is 0 Å². The van der Waals surface area contributed by atoms with Crippen LogP contribution in [0.15, 0.2) is 138 Å². The highest BCUT2D eigenvalue weighted by Gasteiger charge is 2.16. The van der Waals surface area contributed by atoms with Gasteiger partial charge in [-0.05, 0) is 65.7 Å². The molecule has 0 bridgehead atoms. The van der Waals surface area contributed by atoms with Gasteiger partial charge in [-0.1, -0.05) is 78.9 Å². The second-order valence-electron chi connectivity index (χ2n) is 10.4. The molecule has 0 fully saturated rings. The van der Waals surface area contributed by atoms with E-state index >= 15 is 0 Å². The number of rotatable bonds is 3. The number of oxazole rings is 1. The molecule has 6 aromatic carbocycles. The number of para-hydroxylation sites is 2. The molecule has 9 rings (SSSR count). The van der Waals surface area contributed by atoms with Crippen LogP contribution in [-0.4, -0.2) is 9.55 Å². The van der Waals surface area contributed by atoms with Gasteiger partial charge in [0.15, 0.2) is 5.58 Å². The lowest BCUT2D eigenvalue weighted by Crippen LogP contribution is -1.93. The summed E-state index contributed by atoms with van der Waals surface area (Å²) in [5.74, 6) is 0.647. The number of aromatic nitrogens is 2. The normalized spacial score (nSPS) is 11.9. The lowest BCUT2D eigenvalue weighted by molar-refractivity contribution is 0.620. The van der Waals surface area contributed by atoms with Gasteiger partial charge in [0.2, 0.25) is 5.89 Å². The van der Waals surface area contributed by atoms with E-state index in [9.17, 15) is 0 Å². The molecule has 4 heteroatoms. The third-order valence-electron chi connectivity index (χ3n) is 8.05. The zero-order valence-corrected chi connectivity index (χ0v) is 22.7. The molecule has 0 aliphatic rings. The molecule has 0 N–H and O–H groups in total. The molecule has 192 valence electrons. The first-order valence-corrected chi connectivity index (χ1v) is 14.5. The van der Waals surface area contributed by atoms with Crippen molar-refractivity contribution >= 4 is 64.4 Å². The molecule has 9 aromatic rings. The lowest BCUT2D eigenvalue weighted by Gasteiger charge is -2.09. The SMILES string of the molecule is c1ccc(-n2c3ccccc3c3ccc(-c4ccc(-c5nc6c(ccc7sc8ccccc8c76)o5)cc4)cc32)cc1. The third-order valence-corrected chi connectivity index (χ3v) is 9.19. The Morgan fingerprint density at radius 1 is 0.537 bits per heavy atom. The molecule has 0 atom stereocenters. The minimum atomic E-state index is 0.647. The number of hydrogen-bond donors (Lipinski definition) is 0. The second-order valence-corrected chi connectivity index (χ2v) is 11.5. The molecule has 3 heterocycles. The van der Waals surface area contributed by atoms with Crippen LogP contribution in [0.4, 0.5) is 0 Å². The molecule has 0 saturated heterocycles. The van der Waals surface area contributed by atoms with Crippen molar-refractivity contribution in [2.24, 2.45) is 0 Å². The largest absolute Gasteiger partial charge is 0.436 e. The molecule has 0 unspecified atom stereocenters. The van der Waals surface area contributed by atoms with Gasteiger partial charge in [0.1, 0.15) is 5.52 Å². The van der Waals surface area contributed by atoms with Gasteiger partial charge in [0, 0.05) is 42.2 Å². The van der Waals surface area contributed by atoms with Crippen LogP contribution in [0.3, 0.4) is 0 Å². The first kappa shape index (κ1) is 22.6. The van der Waals surface area contributed by atoms with E-state index in [0.717, 1.165) is 27.9 Å². The zero-order chi connectivity index (χ0) is 26.9. The summed E-state index contributed by atoms with van der Waals surface area (Å²) in [6.07, 6.45) is 0. The van der Waals surface area contributed by atoms with E-state index in [0.29, 0.717) is 5.89 Å². The molecule has 0 aliphatic carbocycles. The van der Waals surface area contributed by atoms with Gasteiger partial charge in [0.05, 0.1) is 11.0 Å². The third kappa shape index (κ3) is 3.41. The standard InChI is InChI=1S/C37H22N2OS/c1-2-8-26(9-3-1)39-30-12-6-4-10-27(30)28-19-18-25(22-31(28)39)23-14-16-24(17-15-23)37-38-36-32(40-37)20-21-34-35(36)29-11-5-7-13-33(29)41-34/h1-22H. The second kappa shape index (κ2) is 8.65. The van der Waals surface area contributed by atoms with Gasteiger partial charge >= 0.3 is 0 Å². The van der Waals surface area contributed by atoms with E-state index in [1.807, 2.05) is 6.07 Å². The Morgan fingerprint density at radius 3 is 2.12 bits per heavy atom. The monoisotopic (exact) mass is 542 g/mol. The van der Waals surface area contributed by atoms with Crippen LogP contribution >= 0.6 is 11.3 Å². The molecule has 41 heavy (non-hydrogen) atoms. The minimum Gasteiger partial charge on any atom is -0.436 e. The predicted molar refractivity (Wildman–Crippen MR) is 172 cm³/mol. The summed E-state index contributed by atoms with van der Waals surface area (Å²) >= 11 is 1.80. The quantitative estimate of drug-likeness (QED) is 0.222. The highest BCUT2D eigenvalue weighted by Crippen LogP contribution is 2.40. The van der Waals surface area contributed by atoms with Crippen LogP contribution < -0.4 is 0 Å². The summed E-state index contributed by atoms with van der Waals surface area (Å²) < 4.78 is 11.1. The first-order valence-electron chi connectivity index (χ1n) is 13.7. The summed E-state index contributed by atoms with van der Waals surface area (Å²) in [6.45, 7) is 0. The van der Waals surface area contributed by atoms with Crippen LogP contribution in [0, 0.1) is 0 Å². The zero-order valence-electron chi connectivity index (χ0n) is 21.9. The Hall–Kier alpha value is -5.19. The summed E-state index contributed by atoms with van der Waals surface area (Å²) in [5.41, 5.74) is 8.62. The van der Waals surface area contributed by atoms with Gasteiger partial charge in [0.25, 0.3) is 0 Å². The Balaban J connectivity index is 1.15. The molecular formula is C37H22N2OS. The maximum absolute atomic E-state index is 6.27. The van der Waals surface area contributed by atoms with E-state index in [2.05, 4.69) is 132 Å². The highest BCUT2D eigenvalue weighted by molar-refractivity contribution is 7.26. The first-order chi connectivity index (χ1) is 20.3. The number of nitrogens with zero attached hydrogens (tertiary/aromatic N) is 2. The van der Waals surface area contributed by atoms with Gasteiger partial charge in [-0.25, -0.2) is 4.98 Å². The average Bonchev–Trinajstić information content (AvgIpc) is 3.72. The van der Waals surface area contributed by atoms with E-state index in [1.165, 1.54) is 47.5 Å². The fraction of sp³-hybridized carbons (Fsp3) is 0. The molecule has 0 spiro atoms. The highest BCUT2D eigenvalue weighted by atomic mass is 32.1. The number of benzene rings is 6. The minimum absolute atomic E-state index is 0.647. The van der Waals surface area contributed by atoms with Crippen LogP contribution in [0.2, 0.25) is 0 Å². The van der Waals surface area contributed by atoms with E-state index < -0.39 is 0 Å². The van der Waals surface area contributed by atoms with Gasteiger partial charge in [-0.15, -0.1) is 11.3 Å². The lowest BCUT2D eigenvalue weighted by atomic mass is 10.0. The maximum atomic E-state index is 6.27. The molecule has 3 nitrogen and oxygen atoms in total. The van der Waals surface area contributed by atoms with Crippen molar-refractivity contribution in [1.82, 2.24) is 9.55 Å². The van der Waals surface area contributed by atoms with Crippen LogP contribution in [0.5, 0.6) is 0 Å². The fourth-order valence-electron chi connectivity index (χ4n) is 6.14. The van der Waals surface area contributed by atoms with Gasteiger partial charge < -0.3 is 8.98 Å². The molecule has 0 saturated carbocycles. The molecular weight excluding hydrogens is 520 g/mol. The van der Waals surface area contributed by atoms with Crippen molar-refractivity contribution in [2.75, 3.05) is 0 Å². The van der Waals surface area contributed by atoms with E-state index in [1.54, 1.807) is 11.3 Å². The number of thiophene rings is 1. The molecule has 0 radical (unpaired) electrons. The summed E-state index contributed by atoms with van der Waals surface area (Å²) in [6, 6.07) is 47.2. The van der Waals surface area contributed by atoms with E-state index in [-0.39, 0.29) is 0 Å². The van der Waals surface area contributed by atoms with Crippen molar-refractivity contribution < 1.29 is 4.42 Å². The van der Waals surface area contributed by atoms with Gasteiger partial charge in [-0.3, -0.25) is 0 Å². The molecule has 0 amide bonds. The Labute approximate surface area is 239 Å². The predicted octanol–water partition coefficient (Wildman–Crippen LogP) is 10.6. The maximum Gasteiger partial charge on any atom is 0.227 e. The molecule has 0 aliphatic heterocycles. The van der Waals surface area contributed by atoms with Crippen molar-refractivity contribution in [3.8, 4) is 28.3 Å². The van der Waals surface area contributed by atoms with Crippen LogP contribution in [-0.2, 0) is 0 Å². The van der Waals surface area contributed by atoms with Crippen LogP contribution in [0.25, 0.3) is 81.3 Å². The topological polar surface area (TPSA) is 31.0 Å². The van der Waals surface area contributed by atoms with Crippen LogP contribution in [0.1, 0.15) is 0 Å². The summed E-state index contributed by atoms with van der Waals surface area (Å²) in [5, 5.41) is 4.92. The molecule has 3 aromatic heterocycles. The average molecular weight is 543 g/mol. The van der Waals surface area contributed by atoms with Crippen molar-refractivity contribution in [3.05, 3.63) is 133 Å². The Morgan fingerprint density at radius 2 is 1.24 bits per heavy atom.